The van der Waals surface area contributed by atoms with Crippen molar-refractivity contribution in [2.75, 3.05) is 11.5 Å². The first-order valence-corrected chi connectivity index (χ1v) is 3.25. The van der Waals surface area contributed by atoms with E-state index in [0.717, 1.165) is 0 Å². The number of benzene rings is 1. The third kappa shape index (κ3) is 1.30. The van der Waals surface area contributed by atoms with Crippen molar-refractivity contribution in [1.82, 2.24) is 5.48 Å². The van der Waals surface area contributed by atoms with Gasteiger partial charge in [-0.1, -0.05) is 6.07 Å². The van der Waals surface area contributed by atoms with E-state index in [-0.39, 0.29) is 11.3 Å². The van der Waals surface area contributed by atoms with Crippen LogP contribution in [0.4, 0.5) is 11.4 Å². The minimum atomic E-state index is -0.667. The minimum absolute atomic E-state index is 0.164. The largest absolute Gasteiger partial charge is 0.397 e. The van der Waals surface area contributed by atoms with Crippen LogP contribution in [0, 0.1) is 0 Å². The molecule has 0 saturated heterocycles. The van der Waals surface area contributed by atoms with Crippen LogP contribution in [-0.2, 0) is 0 Å². The van der Waals surface area contributed by atoms with Gasteiger partial charge in [0.2, 0.25) is 0 Å². The quantitative estimate of drug-likeness (QED) is 0.268. The highest BCUT2D eigenvalue weighted by Crippen LogP contribution is 2.18. The SMILES string of the molecule is Nc1cccc(C(=O)NO)c1N. The van der Waals surface area contributed by atoms with Crippen LogP contribution in [0.3, 0.4) is 0 Å². The molecule has 12 heavy (non-hydrogen) atoms. The van der Waals surface area contributed by atoms with Crippen molar-refractivity contribution in [2.24, 2.45) is 0 Å². The van der Waals surface area contributed by atoms with E-state index in [1.165, 1.54) is 11.5 Å². The fraction of sp³-hybridized carbons (Fsp3) is 0. The Hall–Kier alpha value is -1.75. The molecule has 0 aliphatic heterocycles. The monoisotopic (exact) mass is 167 g/mol. The zero-order chi connectivity index (χ0) is 9.14. The van der Waals surface area contributed by atoms with Crippen LogP contribution >= 0.6 is 0 Å². The second kappa shape index (κ2) is 3.10. The Balaban J connectivity index is 3.16. The molecule has 0 bridgehead atoms. The number of amides is 1. The number of carbonyl (C=O) groups excluding carboxylic acids is 1. The number of hydrogen-bond donors (Lipinski definition) is 4. The van der Waals surface area contributed by atoms with Crippen LogP contribution < -0.4 is 16.9 Å². The van der Waals surface area contributed by atoms with E-state index < -0.39 is 5.91 Å². The Morgan fingerprint density at radius 2 is 2.08 bits per heavy atom. The first kappa shape index (κ1) is 8.35. The summed E-state index contributed by atoms with van der Waals surface area (Å²) in [6.45, 7) is 0. The van der Waals surface area contributed by atoms with E-state index in [2.05, 4.69) is 0 Å². The third-order valence-electron chi connectivity index (χ3n) is 1.49. The number of nitrogens with two attached hydrogens (primary N) is 2. The molecule has 0 radical (unpaired) electrons. The van der Waals surface area contributed by atoms with Gasteiger partial charge >= 0.3 is 0 Å². The molecule has 0 heterocycles. The topological polar surface area (TPSA) is 101 Å². The molecule has 1 aromatic rings. The fourth-order valence-corrected chi connectivity index (χ4v) is 0.841. The highest BCUT2D eigenvalue weighted by Gasteiger charge is 2.09. The zero-order valence-electron chi connectivity index (χ0n) is 6.24. The van der Waals surface area contributed by atoms with E-state index in [0.29, 0.717) is 5.69 Å². The van der Waals surface area contributed by atoms with Crippen LogP contribution in [0.5, 0.6) is 0 Å². The van der Waals surface area contributed by atoms with Crippen molar-refractivity contribution in [3.63, 3.8) is 0 Å². The number of hydrogen-bond acceptors (Lipinski definition) is 4. The molecule has 64 valence electrons. The van der Waals surface area contributed by atoms with Crippen LogP contribution in [0.25, 0.3) is 0 Å². The maximum absolute atomic E-state index is 10.9. The second-order valence-corrected chi connectivity index (χ2v) is 2.25. The lowest BCUT2D eigenvalue weighted by molar-refractivity contribution is 0.0707. The molecule has 0 unspecified atom stereocenters. The van der Waals surface area contributed by atoms with E-state index in [1.807, 2.05) is 0 Å². The van der Waals surface area contributed by atoms with Gasteiger partial charge in [0.1, 0.15) is 0 Å². The number of nitrogen functional groups attached to an aromatic ring is 2. The van der Waals surface area contributed by atoms with E-state index in [1.54, 1.807) is 12.1 Å². The Bertz CT molecular complexity index is 312. The van der Waals surface area contributed by atoms with Crippen molar-refractivity contribution >= 4 is 17.3 Å². The first-order valence-electron chi connectivity index (χ1n) is 3.25. The van der Waals surface area contributed by atoms with Gasteiger partial charge in [-0.15, -0.1) is 0 Å². The average molecular weight is 167 g/mol. The van der Waals surface area contributed by atoms with E-state index in [9.17, 15) is 4.79 Å². The molecule has 1 aromatic carbocycles. The van der Waals surface area contributed by atoms with Crippen LogP contribution in [0.1, 0.15) is 10.4 Å². The molecular formula is C7H9N3O2. The third-order valence-corrected chi connectivity index (χ3v) is 1.49. The minimum Gasteiger partial charge on any atom is -0.397 e. The Kier molecular flexibility index (Phi) is 2.16. The average Bonchev–Trinajstić information content (AvgIpc) is 2.08. The van der Waals surface area contributed by atoms with Gasteiger partial charge < -0.3 is 11.5 Å². The lowest BCUT2D eigenvalue weighted by Crippen LogP contribution is -2.20. The number of hydroxylamine groups is 1. The molecule has 0 fully saturated rings. The summed E-state index contributed by atoms with van der Waals surface area (Å²) in [5.74, 6) is -0.667. The van der Waals surface area contributed by atoms with Crippen molar-refractivity contribution in [2.45, 2.75) is 0 Å². The first-order chi connectivity index (χ1) is 5.66. The molecule has 5 nitrogen and oxygen atoms in total. The lowest BCUT2D eigenvalue weighted by Gasteiger charge is -2.04. The standard InChI is InChI=1S/C7H9N3O2/c8-5-3-1-2-4(6(5)9)7(11)10-12/h1-3,12H,8-9H2,(H,10,11). The highest BCUT2D eigenvalue weighted by atomic mass is 16.5. The predicted molar refractivity (Wildman–Crippen MR) is 44.5 cm³/mol. The molecule has 0 aliphatic rings. The molecule has 0 spiro atoms. The summed E-state index contributed by atoms with van der Waals surface area (Å²) in [4.78, 5) is 10.9. The van der Waals surface area contributed by atoms with Gasteiger partial charge in [0.05, 0.1) is 16.9 Å². The number of anilines is 2. The maximum Gasteiger partial charge on any atom is 0.276 e. The molecule has 0 saturated carbocycles. The predicted octanol–water partition coefficient (Wildman–Crippen LogP) is -0.0300. The van der Waals surface area contributed by atoms with Crippen molar-refractivity contribution in [3.05, 3.63) is 23.8 Å². The van der Waals surface area contributed by atoms with Gasteiger partial charge in [0.25, 0.3) is 5.91 Å². The summed E-state index contributed by atoms with van der Waals surface area (Å²) in [7, 11) is 0. The van der Waals surface area contributed by atoms with Crippen molar-refractivity contribution in [3.8, 4) is 0 Å². The smallest absolute Gasteiger partial charge is 0.276 e. The zero-order valence-corrected chi connectivity index (χ0v) is 6.24. The van der Waals surface area contributed by atoms with E-state index >= 15 is 0 Å². The molecule has 1 rings (SSSR count). The Morgan fingerprint density at radius 1 is 1.42 bits per heavy atom. The molecule has 6 N–H and O–H groups in total. The number of nitrogens with one attached hydrogen (secondary N) is 1. The highest BCUT2D eigenvalue weighted by molar-refractivity contribution is 6.00. The van der Waals surface area contributed by atoms with Gasteiger partial charge in [0.15, 0.2) is 0 Å². The van der Waals surface area contributed by atoms with Crippen molar-refractivity contribution in [1.29, 1.82) is 0 Å². The van der Waals surface area contributed by atoms with Crippen LogP contribution in [-0.4, -0.2) is 11.1 Å². The van der Waals surface area contributed by atoms with Crippen LogP contribution in [0.15, 0.2) is 18.2 Å². The van der Waals surface area contributed by atoms with Gasteiger partial charge in [-0.05, 0) is 12.1 Å². The Labute approximate surface area is 68.9 Å². The summed E-state index contributed by atoms with van der Waals surface area (Å²) < 4.78 is 0. The van der Waals surface area contributed by atoms with Gasteiger partial charge in [0, 0.05) is 0 Å². The normalized spacial score (nSPS) is 9.42. The van der Waals surface area contributed by atoms with Gasteiger partial charge in [-0.2, -0.15) is 0 Å². The number of carbonyl (C=O) groups is 1. The Morgan fingerprint density at radius 3 is 2.67 bits per heavy atom. The van der Waals surface area contributed by atoms with Crippen molar-refractivity contribution < 1.29 is 10.0 Å². The summed E-state index contributed by atoms with van der Waals surface area (Å²) in [6, 6.07) is 4.62. The number of rotatable bonds is 1. The molecule has 0 aromatic heterocycles. The maximum atomic E-state index is 10.9. The second-order valence-electron chi connectivity index (χ2n) is 2.25. The summed E-state index contributed by atoms with van der Waals surface area (Å²) >= 11 is 0. The van der Waals surface area contributed by atoms with Gasteiger partial charge in [-0.3, -0.25) is 10.0 Å². The van der Waals surface area contributed by atoms with E-state index in [4.69, 9.17) is 16.7 Å². The summed E-state index contributed by atoms with van der Waals surface area (Å²) in [5.41, 5.74) is 13.0. The molecule has 1 amide bonds. The van der Waals surface area contributed by atoms with Gasteiger partial charge in [-0.25, -0.2) is 5.48 Å². The fourth-order valence-electron chi connectivity index (χ4n) is 0.841. The molecule has 0 aliphatic carbocycles. The van der Waals surface area contributed by atoms with Crippen LogP contribution in [0.2, 0.25) is 0 Å². The summed E-state index contributed by atoms with van der Waals surface area (Å²) in [6.07, 6.45) is 0. The molecule has 5 heteroatoms. The lowest BCUT2D eigenvalue weighted by atomic mass is 10.1. The number of para-hydroxylation sites is 1. The molecular weight excluding hydrogens is 158 g/mol. The summed E-state index contributed by atoms with van der Waals surface area (Å²) in [5, 5.41) is 8.31. The molecule has 0 atom stereocenters.